The zero-order valence-electron chi connectivity index (χ0n) is 16.7. The summed E-state index contributed by atoms with van der Waals surface area (Å²) >= 11 is 0. The van der Waals surface area contributed by atoms with Gasteiger partial charge >= 0.3 is 0 Å². The van der Waals surface area contributed by atoms with Crippen LogP contribution < -0.4 is 10.5 Å². The van der Waals surface area contributed by atoms with Gasteiger partial charge in [-0.1, -0.05) is 36.4 Å². The van der Waals surface area contributed by atoms with Crippen LogP contribution >= 0.6 is 0 Å². The van der Waals surface area contributed by atoms with Crippen molar-refractivity contribution in [2.24, 2.45) is 7.05 Å². The van der Waals surface area contributed by atoms with Crippen molar-refractivity contribution in [2.45, 2.75) is 6.54 Å². The van der Waals surface area contributed by atoms with Gasteiger partial charge in [0.15, 0.2) is 5.69 Å². The maximum absolute atomic E-state index is 13.2. The molecule has 2 aromatic carbocycles. The molecule has 1 aliphatic heterocycles. The fourth-order valence-electron chi connectivity index (χ4n) is 3.72. The Morgan fingerprint density at radius 3 is 2.48 bits per heavy atom. The van der Waals surface area contributed by atoms with Crippen LogP contribution in [0.15, 0.2) is 53.3 Å². The number of amides is 1. The second kappa shape index (κ2) is 8.05. The van der Waals surface area contributed by atoms with Gasteiger partial charge in [0.05, 0.1) is 18.6 Å². The lowest BCUT2D eigenvalue weighted by molar-refractivity contribution is 0.0779. The van der Waals surface area contributed by atoms with E-state index >= 15 is 0 Å². The summed E-state index contributed by atoms with van der Waals surface area (Å²) in [5.74, 6) is -0.214. The maximum Gasteiger partial charge on any atom is 0.274 e. The summed E-state index contributed by atoms with van der Waals surface area (Å²) in [6.45, 7) is 3.53. The smallest absolute Gasteiger partial charge is 0.274 e. The van der Waals surface area contributed by atoms with Crippen molar-refractivity contribution in [1.29, 1.82) is 0 Å². The molecule has 0 aliphatic carbocycles. The first kappa shape index (κ1) is 19.1. The van der Waals surface area contributed by atoms with Crippen LogP contribution in [0.3, 0.4) is 0 Å². The van der Waals surface area contributed by atoms with E-state index in [9.17, 15) is 9.59 Å². The van der Waals surface area contributed by atoms with Gasteiger partial charge in [-0.3, -0.25) is 9.59 Å². The minimum Gasteiger partial charge on any atom is -0.378 e. The number of aryl methyl sites for hydroxylation is 1. The van der Waals surface area contributed by atoms with E-state index in [2.05, 4.69) is 16.1 Å². The zero-order chi connectivity index (χ0) is 20.4. The summed E-state index contributed by atoms with van der Waals surface area (Å²) in [5, 5.41) is 5.34. The summed E-state index contributed by atoms with van der Waals surface area (Å²) in [6.07, 6.45) is 0. The Morgan fingerprint density at radius 1 is 1.07 bits per heavy atom. The number of benzene rings is 2. The number of rotatable bonds is 4. The van der Waals surface area contributed by atoms with Crippen LogP contribution in [0.4, 0.5) is 5.69 Å². The van der Waals surface area contributed by atoms with Gasteiger partial charge in [0, 0.05) is 44.8 Å². The molecule has 1 fully saturated rings. The Hall–Kier alpha value is -3.19. The van der Waals surface area contributed by atoms with Crippen LogP contribution in [0.2, 0.25) is 0 Å². The molecule has 0 radical (unpaired) electrons. The number of hydrogen-bond acceptors (Lipinski definition) is 5. The molecule has 3 aromatic rings. The van der Waals surface area contributed by atoms with Gasteiger partial charge in [0.2, 0.25) is 0 Å². The van der Waals surface area contributed by atoms with Crippen molar-refractivity contribution in [2.75, 3.05) is 38.3 Å². The molecule has 0 bridgehead atoms. The monoisotopic (exact) mass is 392 g/mol. The van der Waals surface area contributed by atoms with Crippen LogP contribution in [0.5, 0.6) is 0 Å². The van der Waals surface area contributed by atoms with Crippen molar-refractivity contribution in [1.82, 2.24) is 14.7 Å². The van der Waals surface area contributed by atoms with Crippen LogP contribution in [0.1, 0.15) is 16.1 Å². The number of para-hydroxylation sites is 1. The van der Waals surface area contributed by atoms with Gasteiger partial charge in [0.25, 0.3) is 11.5 Å². The van der Waals surface area contributed by atoms with Gasteiger partial charge in [-0.15, -0.1) is 0 Å². The van der Waals surface area contributed by atoms with Crippen LogP contribution in [-0.4, -0.2) is 53.9 Å². The van der Waals surface area contributed by atoms with Crippen molar-refractivity contribution in [3.8, 4) is 0 Å². The van der Waals surface area contributed by atoms with E-state index in [0.717, 1.165) is 24.3 Å². The molecule has 1 amide bonds. The molecule has 0 saturated carbocycles. The standard InChI is InChI=1S/C22H24N4O3/c1-24(15-16-7-3-6-10-19(16)26-11-13-29-14-12-26)22(28)20-17-8-4-5-9-18(17)21(27)25(2)23-20/h3-10H,11-15H2,1-2H3. The molecule has 1 aromatic heterocycles. The predicted octanol–water partition coefficient (Wildman–Crippen LogP) is 2.04. The van der Waals surface area contributed by atoms with Crippen molar-refractivity contribution in [3.05, 3.63) is 70.1 Å². The lowest BCUT2D eigenvalue weighted by Crippen LogP contribution is -2.37. The van der Waals surface area contributed by atoms with E-state index in [1.165, 1.54) is 4.68 Å². The van der Waals surface area contributed by atoms with E-state index in [1.807, 2.05) is 24.3 Å². The normalized spacial score (nSPS) is 14.2. The van der Waals surface area contributed by atoms with Crippen LogP contribution in [0.25, 0.3) is 10.8 Å². The fraction of sp³-hybridized carbons (Fsp3) is 0.318. The number of ether oxygens (including phenoxy) is 1. The SMILES string of the molecule is CN(Cc1ccccc1N1CCOCC1)C(=O)c1nn(C)c(=O)c2ccccc12. The van der Waals surface area contributed by atoms with Crippen molar-refractivity contribution in [3.63, 3.8) is 0 Å². The highest BCUT2D eigenvalue weighted by atomic mass is 16.5. The van der Waals surface area contributed by atoms with Gasteiger partial charge in [-0.2, -0.15) is 5.10 Å². The number of aromatic nitrogens is 2. The van der Waals surface area contributed by atoms with E-state index in [0.29, 0.717) is 30.5 Å². The number of fused-ring (bicyclic) bond motifs is 1. The Labute approximate surface area is 169 Å². The number of hydrogen-bond donors (Lipinski definition) is 0. The Bertz CT molecular complexity index is 1100. The van der Waals surface area contributed by atoms with Gasteiger partial charge in [0.1, 0.15) is 0 Å². The summed E-state index contributed by atoms with van der Waals surface area (Å²) in [5.41, 5.74) is 2.26. The molecule has 0 unspecified atom stereocenters. The van der Waals surface area contributed by atoms with E-state index in [4.69, 9.17) is 4.74 Å². The third-order valence-electron chi connectivity index (χ3n) is 5.26. The molecular weight excluding hydrogens is 368 g/mol. The molecule has 1 aliphatic rings. The second-order valence-electron chi connectivity index (χ2n) is 7.21. The summed E-state index contributed by atoms with van der Waals surface area (Å²) in [7, 11) is 3.33. The predicted molar refractivity (Wildman–Crippen MR) is 112 cm³/mol. The Morgan fingerprint density at radius 2 is 1.72 bits per heavy atom. The molecule has 1 saturated heterocycles. The Balaban J connectivity index is 1.65. The highest BCUT2D eigenvalue weighted by molar-refractivity contribution is 6.04. The maximum atomic E-state index is 13.2. The minimum absolute atomic E-state index is 0.211. The molecule has 0 spiro atoms. The van der Waals surface area contributed by atoms with Crippen LogP contribution in [0, 0.1) is 0 Å². The third-order valence-corrected chi connectivity index (χ3v) is 5.26. The highest BCUT2D eigenvalue weighted by Gasteiger charge is 2.21. The number of morpholine rings is 1. The van der Waals surface area contributed by atoms with Gasteiger partial charge in [-0.25, -0.2) is 4.68 Å². The quantitative estimate of drug-likeness (QED) is 0.680. The molecule has 7 nitrogen and oxygen atoms in total. The molecule has 4 rings (SSSR count). The van der Waals surface area contributed by atoms with E-state index in [-0.39, 0.29) is 17.2 Å². The first-order valence-corrected chi connectivity index (χ1v) is 9.68. The number of carbonyl (C=O) groups is 1. The zero-order valence-corrected chi connectivity index (χ0v) is 16.7. The molecular formula is C22H24N4O3. The first-order chi connectivity index (χ1) is 14.1. The van der Waals surface area contributed by atoms with Gasteiger partial charge in [-0.05, 0) is 17.7 Å². The number of carbonyl (C=O) groups excluding carboxylic acids is 1. The highest BCUT2D eigenvalue weighted by Crippen LogP contribution is 2.23. The molecule has 29 heavy (non-hydrogen) atoms. The van der Waals surface area contributed by atoms with E-state index < -0.39 is 0 Å². The summed E-state index contributed by atoms with van der Waals surface area (Å²) in [6, 6.07) is 15.2. The molecule has 0 atom stereocenters. The molecule has 150 valence electrons. The topological polar surface area (TPSA) is 67.7 Å². The lowest BCUT2D eigenvalue weighted by atomic mass is 10.1. The third kappa shape index (κ3) is 3.73. The summed E-state index contributed by atoms with van der Waals surface area (Å²) < 4.78 is 6.68. The minimum atomic E-state index is -0.214. The van der Waals surface area contributed by atoms with Gasteiger partial charge < -0.3 is 14.5 Å². The number of nitrogens with zero attached hydrogens (tertiary/aromatic N) is 4. The largest absolute Gasteiger partial charge is 0.378 e. The van der Waals surface area contributed by atoms with Crippen molar-refractivity contribution >= 4 is 22.4 Å². The summed E-state index contributed by atoms with van der Waals surface area (Å²) in [4.78, 5) is 29.5. The van der Waals surface area contributed by atoms with Crippen LogP contribution in [-0.2, 0) is 18.3 Å². The molecule has 7 heteroatoms. The average Bonchev–Trinajstić information content (AvgIpc) is 2.77. The fourth-order valence-corrected chi connectivity index (χ4v) is 3.72. The second-order valence-corrected chi connectivity index (χ2v) is 7.21. The van der Waals surface area contributed by atoms with E-state index in [1.54, 1.807) is 37.2 Å². The van der Waals surface area contributed by atoms with Crippen molar-refractivity contribution < 1.29 is 9.53 Å². The molecule has 0 N–H and O–H groups in total. The lowest BCUT2D eigenvalue weighted by Gasteiger charge is -2.31. The number of anilines is 1. The molecule has 2 heterocycles. The first-order valence-electron chi connectivity index (χ1n) is 9.68. The Kier molecular flexibility index (Phi) is 5.31. The average molecular weight is 392 g/mol.